The second-order valence-electron chi connectivity index (χ2n) is 4.92. The molecule has 21 heavy (non-hydrogen) atoms. The Balaban J connectivity index is 0.00000220. The predicted octanol–water partition coefficient (Wildman–Crippen LogP) is 2.45. The van der Waals surface area contributed by atoms with Crippen LogP contribution in [0.25, 0.3) is 0 Å². The first-order chi connectivity index (χ1) is 9.47. The Kier molecular flexibility index (Phi) is 6.04. The zero-order chi connectivity index (χ0) is 14.7. The summed E-state index contributed by atoms with van der Waals surface area (Å²) >= 11 is 0. The van der Waals surface area contributed by atoms with Crippen molar-refractivity contribution in [3.63, 3.8) is 0 Å². The third-order valence-electron chi connectivity index (χ3n) is 3.57. The van der Waals surface area contributed by atoms with E-state index in [9.17, 15) is 19.3 Å². The van der Waals surface area contributed by atoms with Crippen LogP contribution < -0.4 is 0 Å². The Labute approximate surface area is 127 Å². The largest absolute Gasteiger partial charge is 0.481 e. The van der Waals surface area contributed by atoms with E-state index in [0.717, 1.165) is 12.1 Å². The molecule has 0 aliphatic carbocycles. The number of carboxylic acid groups (broad SMARTS) is 1. The van der Waals surface area contributed by atoms with E-state index in [1.54, 1.807) is 0 Å². The summed E-state index contributed by atoms with van der Waals surface area (Å²) in [6, 6.07) is 3.40. The highest BCUT2D eigenvalue weighted by Crippen LogP contribution is 2.24. The van der Waals surface area contributed by atoms with E-state index >= 15 is 0 Å². The molecule has 1 saturated heterocycles. The van der Waals surface area contributed by atoms with Gasteiger partial charge in [0.15, 0.2) is 0 Å². The molecule has 0 saturated carbocycles. The van der Waals surface area contributed by atoms with E-state index in [2.05, 4.69) is 0 Å². The zero-order valence-electron chi connectivity index (χ0n) is 11.2. The van der Waals surface area contributed by atoms with Gasteiger partial charge in [0.1, 0.15) is 5.82 Å². The summed E-state index contributed by atoms with van der Waals surface area (Å²) in [6.45, 7) is 1.36. The lowest BCUT2D eigenvalue weighted by molar-refractivity contribution is -0.385. The molecule has 1 aromatic rings. The van der Waals surface area contributed by atoms with Crippen molar-refractivity contribution < 1.29 is 19.2 Å². The van der Waals surface area contributed by atoms with Crippen molar-refractivity contribution in [2.24, 2.45) is 5.92 Å². The van der Waals surface area contributed by atoms with E-state index in [-0.39, 0.29) is 30.6 Å². The minimum atomic E-state index is -0.804. The first kappa shape index (κ1) is 17.3. The molecule has 1 aliphatic heterocycles. The summed E-state index contributed by atoms with van der Waals surface area (Å²) in [5, 5.41) is 19.8. The van der Waals surface area contributed by atoms with Gasteiger partial charge in [-0.2, -0.15) is 0 Å². The minimum Gasteiger partial charge on any atom is -0.481 e. The van der Waals surface area contributed by atoms with Gasteiger partial charge in [-0.15, -0.1) is 12.4 Å². The van der Waals surface area contributed by atoms with Gasteiger partial charge >= 0.3 is 5.97 Å². The fourth-order valence-electron chi connectivity index (χ4n) is 2.44. The molecule has 0 aromatic heterocycles. The smallest absolute Gasteiger partial charge is 0.306 e. The van der Waals surface area contributed by atoms with Crippen molar-refractivity contribution in [2.45, 2.75) is 19.4 Å². The molecule has 8 heteroatoms. The van der Waals surface area contributed by atoms with Crippen molar-refractivity contribution in [3.05, 3.63) is 39.7 Å². The Morgan fingerprint density at radius 1 is 1.43 bits per heavy atom. The molecule has 2 rings (SSSR count). The number of hydrogen-bond donors (Lipinski definition) is 1. The number of halogens is 2. The number of nitro groups is 1. The maximum absolute atomic E-state index is 13.2. The van der Waals surface area contributed by atoms with Crippen LogP contribution in [-0.2, 0) is 11.3 Å². The van der Waals surface area contributed by atoms with Gasteiger partial charge in [-0.3, -0.25) is 19.8 Å². The standard InChI is InChI=1S/C13H15FN2O4.ClH/c14-11-1-2-12(16(19)20)10(7-11)8-15-5-3-9(4-6-15)13(17)18;/h1-2,7,9H,3-6,8H2,(H,17,18);1H. The Bertz CT molecular complexity index is 533. The number of likely N-dealkylation sites (tertiary alicyclic amines) is 1. The second kappa shape index (κ2) is 7.33. The molecule has 116 valence electrons. The van der Waals surface area contributed by atoms with Crippen molar-refractivity contribution in [1.82, 2.24) is 4.90 Å². The number of hydrogen-bond acceptors (Lipinski definition) is 4. The summed E-state index contributed by atoms with van der Waals surface area (Å²) in [5.41, 5.74) is 0.218. The van der Waals surface area contributed by atoms with Crippen molar-refractivity contribution >= 4 is 24.1 Å². The highest BCUT2D eigenvalue weighted by atomic mass is 35.5. The summed E-state index contributed by atoms with van der Waals surface area (Å²) in [4.78, 5) is 23.1. The SMILES string of the molecule is Cl.O=C(O)C1CCN(Cc2cc(F)ccc2[N+](=O)[O-])CC1. The van der Waals surface area contributed by atoms with Crippen LogP contribution in [-0.4, -0.2) is 34.0 Å². The van der Waals surface area contributed by atoms with Crippen molar-refractivity contribution in [3.8, 4) is 0 Å². The average molecular weight is 319 g/mol. The van der Waals surface area contributed by atoms with Gasteiger partial charge < -0.3 is 5.11 Å². The Morgan fingerprint density at radius 2 is 2.05 bits per heavy atom. The molecule has 1 aromatic carbocycles. The van der Waals surface area contributed by atoms with E-state index < -0.39 is 16.7 Å². The highest BCUT2D eigenvalue weighted by Gasteiger charge is 2.26. The van der Waals surface area contributed by atoms with Crippen LogP contribution in [0.4, 0.5) is 10.1 Å². The van der Waals surface area contributed by atoms with Crippen molar-refractivity contribution in [2.75, 3.05) is 13.1 Å². The first-order valence-corrected chi connectivity index (χ1v) is 6.35. The van der Waals surface area contributed by atoms with Gasteiger partial charge in [0, 0.05) is 18.2 Å². The number of rotatable bonds is 4. The summed E-state index contributed by atoms with van der Waals surface area (Å²) < 4.78 is 13.2. The molecule has 1 aliphatic rings. The zero-order valence-corrected chi connectivity index (χ0v) is 12.0. The van der Waals surface area contributed by atoms with Crippen LogP contribution in [0, 0.1) is 21.8 Å². The van der Waals surface area contributed by atoms with Gasteiger partial charge in [-0.1, -0.05) is 0 Å². The van der Waals surface area contributed by atoms with Gasteiger partial charge in [0.2, 0.25) is 0 Å². The number of nitrogens with zero attached hydrogens (tertiary/aromatic N) is 2. The fraction of sp³-hybridized carbons (Fsp3) is 0.462. The number of carbonyl (C=O) groups is 1. The maximum Gasteiger partial charge on any atom is 0.306 e. The quantitative estimate of drug-likeness (QED) is 0.681. The minimum absolute atomic E-state index is 0. The molecule has 0 spiro atoms. The molecule has 0 unspecified atom stereocenters. The van der Waals surface area contributed by atoms with Gasteiger partial charge in [-0.05, 0) is 38.1 Å². The van der Waals surface area contributed by atoms with E-state index in [0.29, 0.717) is 31.5 Å². The predicted molar refractivity (Wildman–Crippen MR) is 75.9 cm³/mol. The lowest BCUT2D eigenvalue weighted by Gasteiger charge is -2.29. The van der Waals surface area contributed by atoms with E-state index in [4.69, 9.17) is 5.11 Å². The van der Waals surface area contributed by atoms with Crippen LogP contribution in [0.5, 0.6) is 0 Å². The summed E-state index contributed by atoms with van der Waals surface area (Å²) in [6.07, 6.45) is 1.02. The lowest BCUT2D eigenvalue weighted by Crippen LogP contribution is -2.36. The van der Waals surface area contributed by atoms with Crippen LogP contribution in [0.2, 0.25) is 0 Å². The van der Waals surface area contributed by atoms with Crippen LogP contribution in [0.1, 0.15) is 18.4 Å². The van der Waals surface area contributed by atoms with Crippen LogP contribution >= 0.6 is 12.4 Å². The fourth-order valence-corrected chi connectivity index (χ4v) is 2.44. The third kappa shape index (κ3) is 4.37. The van der Waals surface area contributed by atoms with Gasteiger partial charge in [-0.25, -0.2) is 4.39 Å². The lowest BCUT2D eigenvalue weighted by atomic mass is 9.96. The molecule has 1 heterocycles. The van der Waals surface area contributed by atoms with E-state index in [1.807, 2.05) is 4.90 Å². The second-order valence-corrected chi connectivity index (χ2v) is 4.92. The number of nitro benzene ring substituents is 1. The maximum atomic E-state index is 13.2. The molecule has 0 radical (unpaired) electrons. The number of aliphatic carboxylic acids is 1. The molecule has 0 bridgehead atoms. The molecular weight excluding hydrogens is 303 g/mol. The number of carboxylic acids is 1. The van der Waals surface area contributed by atoms with Gasteiger partial charge in [0.25, 0.3) is 5.69 Å². The molecular formula is C13H16ClFN2O4. The molecule has 0 amide bonds. The monoisotopic (exact) mass is 318 g/mol. The molecule has 0 atom stereocenters. The average Bonchev–Trinajstić information content (AvgIpc) is 2.39. The molecule has 1 fully saturated rings. The van der Waals surface area contributed by atoms with E-state index in [1.165, 1.54) is 6.07 Å². The van der Waals surface area contributed by atoms with Crippen LogP contribution in [0.15, 0.2) is 18.2 Å². The topological polar surface area (TPSA) is 83.7 Å². The normalized spacial score (nSPS) is 16.2. The Hall–Kier alpha value is -1.73. The number of piperidine rings is 1. The van der Waals surface area contributed by atoms with Crippen molar-refractivity contribution in [1.29, 1.82) is 0 Å². The molecule has 6 nitrogen and oxygen atoms in total. The Morgan fingerprint density at radius 3 is 2.57 bits per heavy atom. The number of benzene rings is 1. The molecule has 1 N–H and O–H groups in total. The highest BCUT2D eigenvalue weighted by molar-refractivity contribution is 5.85. The van der Waals surface area contributed by atoms with Gasteiger partial charge in [0.05, 0.1) is 10.8 Å². The van der Waals surface area contributed by atoms with Crippen LogP contribution in [0.3, 0.4) is 0 Å². The first-order valence-electron chi connectivity index (χ1n) is 6.35. The third-order valence-corrected chi connectivity index (χ3v) is 3.57. The summed E-state index contributed by atoms with van der Waals surface area (Å²) in [5.74, 6) is -1.67. The summed E-state index contributed by atoms with van der Waals surface area (Å²) in [7, 11) is 0.